The highest BCUT2D eigenvalue weighted by Crippen LogP contribution is 2.48. The Morgan fingerprint density at radius 3 is 2.36 bits per heavy atom. The van der Waals surface area contributed by atoms with Crippen LogP contribution in [0.1, 0.15) is 33.1 Å². The van der Waals surface area contributed by atoms with E-state index in [0.29, 0.717) is 12.0 Å². The topological polar surface area (TPSA) is 40.5 Å². The second-order valence-corrected chi connectivity index (χ2v) is 5.69. The summed E-state index contributed by atoms with van der Waals surface area (Å²) in [5, 5.41) is 8.98. The summed E-state index contributed by atoms with van der Waals surface area (Å²) in [4.78, 5) is 13.2. The Bertz CT molecular complexity index is 248. The minimum Gasteiger partial charge on any atom is -0.481 e. The van der Waals surface area contributed by atoms with Crippen LogP contribution in [-0.4, -0.2) is 35.6 Å². The molecule has 0 amide bonds. The minimum absolute atomic E-state index is 0.592. The summed E-state index contributed by atoms with van der Waals surface area (Å²) in [6.45, 7) is 6.57. The molecule has 0 bridgehead atoms. The number of likely N-dealkylation sites (tertiary alicyclic amines) is 1. The molecule has 1 saturated carbocycles. The molecule has 1 saturated heterocycles. The molecule has 2 fully saturated rings. The predicted octanol–water partition coefficient (Wildman–Crippen LogP) is 1.58. The molecule has 0 aromatic rings. The zero-order valence-electron chi connectivity index (χ0n) is 9.05. The summed E-state index contributed by atoms with van der Waals surface area (Å²) in [6, 6.07) is 0. The van der Waals surface area contributed by atoms with Crippen molar-refractivity contribution in [2.45, 2.75) is 33.1 Å². The van der Waals surface area contributed by atoms with Gasteiger partial charge in [-0.1, -0.05) is 6.42 Å². The van der Waals surface area contributed by atoms with Gasteiger partial charge in [0.2, 0.25) is 0 Å². The monoisotopic (exact) mass is 197 g/mol. The van der Waals surface area contributed by atoms with Gasteiger partial charge >= 0.3 is 5.97 Å². The number of nitrogens with zero attached hydrogens (tertiary/aromatic N) is 1. The van der Waals surface area contributed by atoms with Crippen LogP contribution in [0, 0.1) is 10.8 Å². The van der Waals surface area contributed by atoms with Crippen molar-refractivity contribution in [3.8, 4) is 0 Å². The molecule has 80 valence electrons. The first kappa shape index (κ1) is 9.97. The highest BCUT2D eigenvalue weighted by Gasteiger charge is 2.48. The van der Waals surface area contributed by atoms with Crippen molar-refractivity contribution in [3.05, 3.63) is 0 Å². The van der Waals surface area contributed by atoms with Crippen LogP contribution in [0.15, 0.2) is 0 Å². The molecule has 0 atom stereocenters. The molecule has 14 heavy (non-hydrogen) atoms. The van der Waals surface area contributed by atoms with Gasteiger partial charge in [0.25, 0.3) is 0 Å². The molecule has 1 spiro atoms. The van der Waals surface area contributed by atoms with E-state index in [1.165, 1.54) is 19.3 Å². The van der Waals surface area contributed by atoms with Crippen molar-refractivity contribution in [3.63, 3.8) is 0 Å². The molecular formula is C11H19NO2. The lowest BCUT2D eigenvalue weighted by molar-refractivity contribution is -0.151. The highest BCUT2D eigenvalue weighted by molar-refractivity contribution is 5.73. The van der Waals surface area contributed by atoms with Crippen LogP contribution in [0.4, 0.5) is 0 Å². The fraction of sp³-hybridized carbons (Fsp3) is 0.909. The number of hydrogen-bond donors (Lipinski definition) is 1. The number of hydrogen-bond acceptors (Lipinski definition) is 2. The zero-order valence-corrected chi connectivity index (χ0v) is 9.05. The van der Waals surface area contributed by atoms with Gasteiger partial charge in [-0.3, -0.25) is 4.79 Å². The van der Waals surface area contributed by atoms with E-state index in [9.17, 15) is 4.79 Å². The van der Waals surface area contributed by atoms with Gasteiger partial charge in [0.15, 0.2) is 0 Å². The second kappa shape index (κ2) is 2.96. The summed E-state index contributed by atoms with van der Waals surface area (Å²) in [7, 11) is 0. The van der Waals surface area contributed by atoms with Crippen LogP contribution >= 0.6 is 0 Å². The van der Waals surface area contributed by atoms with Gasteiger partial charge < -0.3 is 10.0 Å². The van der Waals surface area contributed by atoms with E-state index in [-0.39, 0.29) is 0 Å². The average molecular weight is 197 g/mol. The molecule has 1 aliphatic carbocycles. The Hall–Kier alpha value is -0.570. The average Bonchev–Trinajstić information content (AvgIpc) is 1.91. The SMILES string of the molecule is CC(C)(CN1CC2(CCC2)C1)C(=O)O. The van der Waals surface area contributed by atoms with Crippen LogP contribution in [0.25, 0.3) is 0 Å². The molecule has 1 N–H and O–H groups in total. The maximum Gasteiger partial charge on any atom is 0.310 e. The Balaban J connectivity index is 1.80. The fourth-order valence-corrected chi connectivity index (χ4v) is 2.63. The van der Waals surface area contributed by atoms with Crippen LogP contribution in [-0.2, 0) is 4.79 Å². The standard InChI is InChI=1S/C11H19NO2/c1-10(2,9(13)14)6-12-7-11(8-12)4-3-5-11/h3-8H2,1-2H3,(H,13,14). The van der Waals surface area contributed by atoms with Crippen LogP contribution in [0.3, 0.4) is 0 Å². The Kier molecular flexibility index (Phi) is 2.11. The molecule has 2 rings (SSSR count). The number of carbonyl (C=O) groups is 1. The fourth-order valence-electron chi connectivity index (χ4n) is 2.63. The third kappa shape index (κ3) is 1.54. The molecule has 3 heteroatoms. The molecule has 0 radical (unpaired) electrons. The zero-order chi connectivity index (χ0) is 10.4. The molecular weight excluding hydrogens is 178 g/mol. The molecule has 1 aliphatic heterocycles. The highest BCUT2D eigenvalue weighted by atomic mass is 16.4. The number of rotatable bonds is 3. The molecule has 0 aromatic carbocycles. The maximum atomic E-state index is 10.9. The molecule has 0 unspecified atom stereocenters. The Morgan fingerprint density at radius 1 is 1.43 bits per heavy atom. The molecule has 3 nitrogen and oxygen atoms in total. The van der Waals surface area contributed by atoms with Crippen molar-refractivity contribution in [2.24, 2.45) is 10.8 Å². The van der Waals surface area contributed by atoms with E-state index in [1.54, 1.807) is 13.8 Å². The second-order valence-electron chi connectivity index (χ2n) is 5.69. The van der Waals surface area contributed by atoms with Gasteiger partial charge in [0, 0.05) is 19.6 Å². The van der Waals surface area contributed by atoms with E-state index >= 15 is 0 Å². The lowest BCUT2D eigenvalue weighted by Crippen LogP contribution is -2.61. The van der Waals surface area contributed by atoms with Crippen molar-refractivity contribution >= 4 is 5.97 Å². The lowest BCUT2D eigenvalue weighted by atomic mass is 9.63. The minimum atomic E-state index is -0.688. The maximum absolute atomic E-state index is 10.9. The van der Waals surface area contributed by atoms with Gasteiger partial charge in [-0.15, -0.1) is 0 Å². The normalized spacial score (nSPS) is 25.6. The van der Waals surface area contributed by atoms with E-state index in [1.807, 2.05) is 0 Å². The van der Waals surface area contributed by atoms with Crippen LogP contribution < -0.4 is 0 Å². The number of aliphatic carboxylic acids is 1. The van der Waals surface area contributed by atoms with Gasteiger partial charge in [-0.05, 0) is 32.1 Å². The van der Waals surface area contributed by atoms with Gasteiger partial charge in [0.05, 0.1) is 5.41 Å². The summed E-state index contributed by atoms with van der Waals surface area (Å²) in [5.41, 5.74) is 0.0138. The van der Waals surface area contributed by atoms with Crippen LogP contribution in [0.2, 0.25) is 0 Å². The van der Waals surface area contributed by atoms with E-state index < -0.39 is 11.4 Å². The molecule has 2 aliphatic rings. The molecule has 1 heterocycles. The van der Waals surface area contributed by atoms with E-state index in [0.717, 1.165) is 13.1 Å². The summed E-state index contributed by atoms with van der Waals surface area (Å²) < 4.78 is 0. The summed E-state index contributed by atoms with van der Waals surface area (Å²) >= 11 is 0. The van der Waals surface area contributed by atoms with E-state index in [4.69, 9.17) is 5.11 Å². The quantitative estimate of drug-likeness (QED) is 0.746. The van der Waals surface area contributed by atoms with E-state index in [2.05, 4.69) is 4.90 Å². The first-order valence-electron chi connectivity index (χ1n) is 5.39. The molecule has 0 aromatic heterocycles. The first-order valence-corrected chi connectivity index (χ1v) is 5.39. The van der Waals surface area contributed by atoms with Crippen molar-refractivity contribution < 1.29 is 9.90 Å². The summed E-state index contributed by atoms with van der Waals surface area (Å²) in [5.74, 6) is -0.688. The lowest BCUT2D eigenvalue weighted by Gasteiger charge is -2.57. The van der Waals surface area contributed by atoms with Crippen molar-refractivity contribution in [1.82, 2.24) is 4.90 Å². The Morgan fingerprint density at radius 2 is 2.00 bits per heavy atom. The van der Waals surface area contributed by atoms with Gasteiger partial charge in [0.1, 0.15) is 0 Å². The smallest absolute Gasteiger partial charge is 0.310 e. The number of carboxylic acid groups (broad SMARTS) is 1. The Labute approximate surface area is 85.1 Å². The predicted molar refractivity (Wildman–Crippen MR) is 54.1 cm³/mol. The largest absolute Gasteiger partial charge is 0.481 e. The first-order chi connectivity index (χ1) is 6.44. The van der Waals surface area contributed by atoms with Crippen LogP contribution in [0.5, 0.6) is 0 Å². The third-order valence-electron chi connectivity index (χ3n) is 3.73. The third-order valence-corrected chi connectivity index (χ3v) is 3.73. The van der Waals surface area contributed by atoms with Crippen molar-refractivity contribution in [2.75, 3.05) is 19.6 Å². The number of carboxylic acids is 1. The summed E-state index contributed by atoms with van der Waals surface area (Å²) in [6.07, 6.45) is 4.09. The van der Waals surface area contributed by atoms with Crippen molar-refractivity contribution in [1.29, 1.82) is 0 Å². The van der Waals surface area contributed by atoms with Gasteiger partial charge in [-0.2, -0.15) is 0 Å². The van der Waals surface area contributed by atoms with Gasteiger partial charge in [-0.25, -0.2) is 0 Å².